The zero-order valence-electron chi connectivity index (χ0n) is 15.6. The van der Waals surface area contributed by atoms with Crippen molar-refractivity contribution < 1.29 is 32.6 Å². The summed E-state index contributed by atoms with van der Waals surface area (Å²) in [4.78, 5) is 32.5. The molecule has 3 fully saturated rings. The van der Waals surface area contributed by atoms with E-state index < -0.39 is 11.7 Å². The highest BCUT2D eigenvalue weighted by Gasteiger charge is 2.49. The van der Waals surface area contributed by atoms with Crippen molar-refractivity contribution in [2.75, 3.05) is 37.7 Å². The Labute approximate surface area is 161 Å². The van der Waals surface area contributed by atoms with Gasteiger partial charge in [-0.1, -0.05) is 12.8 Å². The second-order valence-corrected chi connectivity index (χ2v) is 7.96. The molecule has 2 atom stereocenters. The SMILES string of the molecule is O=C1[C@@H]2CCCC[C@H]2C(=O)N1C[NH+]1CCN(c2ccc(C(F)(F)F)c[nH+]2)CC1. The summed E-state index contributed by atoms with van der Waals surface area (Å²) >= 11 is 0. The third-order valence-corrected chi connectivity index (χ3v) is 6.25. The highest BCUT2D eigenvalue weighted by molar-refractivity contribution is 6.05. The molecule has 3 aliphatic rings. The normalized spacial score (nSPS) is 26.7. The highest BCUT2D eigenvalue weighted by atomic mass is 19.4. The lowest BCUT2D eigenvalue weighted by Gasteiger charge is -2.30. The van der Waals surface area contributed by atoms with Gasteiger partial charge in [0.05, 0.1) is 17.4 Å². The average molecular weight is 398 g/mol. The smallest absolute Gasteiger partial charge is 0.311 e. The molecule has 2 N–H and O–H groups in total. The monoisotopic (exact) mass is 398 g/mol. The molecule has 9 heteroatoms. The van der Waals surface area contributed by atoms with E-state index in [0.29, 0.717) is 25.6 Å². The summed E-state index contributed by atoms with van der Waals surface area (Å²) in [6.07, 6.45) is 0.297. The fraction of sp³-hybridized carbons (Fsp3) is 0.632. The summed E-state index contributed by atoms with van der Waals surface area (Å²) in [5.41, 5.74) is -0.701. The minimum atomic E-state index is -4.36. The number of aromatic amines is 1. The number of imide groups is 1. The predicted octanol–water partition coefficient (Wildman–Crippen LogP) is 0.357. The number of H-pyrrole nitrogens is 1. The summed E-state index contributed by atoms with van der Waals surface area (Å²) in [6.45, 7) is 3.15. The molecule has 152 valence electrons. The van der Waals surface area contributed by atoms with Gasteiger partial charge in [0.25, 0.3) is 5.82 Å². The van der Waals surface area contributed by atoms with Gasteiger partial charge in [-0.25, -0.2) is 9.88 Å². The van der Waals surface area contributed by atoms with Gasteiger partial charge in [0.15, 0.2) is 6.67 Å². The Morgan fingerprint density at radius 2 is 1.64 bits per heavy atom. The summed E-state index contributed by atoms with van der Waals surface area (Å²) in [6, 6.07) is 2.53. The summed E-state index contributed by atoms with van der Waals surface area (Å²) in [5.74, 6) is 0.375. The second kappa shape index (κ2) is 7.35. The number of pyridine rings is 1. The molecule has 1 aromatic heterocycles. The van der Waals surface area contributed by atoms with Crippen molar-refractivity contribution in [3.8, 4) is 0 Å². The average Bonchev–Trinajstić information content (AvgIpc) is 2.93. The van der Waals surface area contributed by atoms with Crippen LogP contribution in [0, 0.1) is 11.8 Å². The number of likely N-dealkylation sites (tertiary alicyclic amines) is 1. The van der Waals surface area contributed by atoms with Crippen LogP contribution in [0.25, 0.3) is 0 Å². The molecule has 2 amide bonds. The van der Waals surface area contributed by atoms with E-state index >= 15 is 0 Å². The van der Waals surface area contributed by atoms with Crippen molar-refractivity contribution in [2.45, 2.75) is 31.9 Å². The molecule has 0 bridgehead atoms. The van der Waals surface area contributed by atoms with E-state index in [9.17, 15) is 22.8 Å². The number of halogens is 3. The van der Waals surface area contributed by atoms with E-state index in [0.717, 1.165) is 55.9 Å². The Kier molecular flexibility index (Phi) is 5.03. The molecule has 0 radical (unpaired) electrons. The lowest BCUT2D eigenvalue weighted by atomic mass is 9.81. The minimum Gasteiger partial charge on any atom is -0.311 e. The number of hydrogen-bond donors (Lipinski definition) is 1. The number of quaternary nitrogens is 1. The third-order valence-electron chi connectivity index (χ3n) is 6.25. The number of rotatable bonds is 3. The van der Waals surface area contributed by atoms with E-state index in [1.807, 2.05) is 4.90 Å². The molecule has 1 aromatic rings. The van der Waals surface area contributed by atoms with Crippen LogP contribution in [0.2, 0.25) is 0 Å². The van der Waals surface area contributed by atoms with Crippen LogP contribution in [0.1, 0.15) is 31.2 Å². The maximum absolute atomic E-state index is 12.7. The van der Waals surface area contributed by atoms with E-state index in [4.69, 9.17) is 0 Å². The minimum absolute atomic E-state index is 0.0132. The number of amides is 2. The molecular weight excluding hydrogens is 373 g/mol. The number of hydrogen-bond acceptors (Lipinski definition) is 3. The number of carbonyl (C=O) groups excluding carboxylic acids is 2. The van der Waals surface area contributed by atoms with Crippen LogP contribution in [0.4, 0.5) is 19.0 Å². The molecule has 0 aromatic carbocycles. The molecule has 1 aliphatic carbocycles. The summed E-state index contributed by atoms with van der Waals surface area (Å²) in [7, 11) is 0. The number of aromatic nitrogens is 1. The Bertz CT molecular complexity index is 721. The lowest BCUT2D eigenvalue weighted by Crippen LogP contribution is -3.16. The van der Waals surface area contributed by atoms with E-state index in [-0.39, 0.29) is 23.7 Å². The molecule has 2 aliphatic heterocycles. The standard InChI is InChI=1S/C19H23F3N4O2/c20-19(21,22)13-5-6-16(23-11-13)25-9-7-24(8-10-25)12-26-17(27)14-3-1-2-4-15(14)18(26)28/h5-6,11,14-15H,1-4,7-10,12H2/p+2/t14-,15-/m1/s1. The predicted molar refractivity (Wildman–Crippen MR) is 93.1 cm³/mol. The Balaban J connectivity index is 1.33. The number of piperazine rings is 1. The first-order valence-electron chi connectivity index (χ1n) is 9.87. The van der Waals surface area contributed by atoms with Crippen molar-refractivity contribution >= 4 is 17.6 Å². The van der Waals surface area contributed by atoms with Gasteiger partial charge in [0.2, 0.25) is 11.8 Å². The number of carbonyl (C=O) groups is 2. The third kappa shape index (κ3) is 3.59. The quantitative estimate of drug-likeness (QED) is 0.748. The lowest BCUT2D eigenvalue weighted by molar-refractivity contribution is -0.908. The van der Waals surface area contributed by atoms with Gasteiger partial charge >= 0.3 is 6.18 Å². The van der Waals surface area contributed by atoms with Gasteiger partial charge in [0, 0.05) is 6.07 Å². The molecule has 1 saturated carbocycles. The van der Waals surface area contributed by atoms with Gasteiger partial charge in [-0.15, -0.1) is 0 Å². The fourth-order valence-electron chi connectivity index (χ4n) is 4.62. The van der Waals surface area contributed by atoms with Gasteiger partial charge in [-0.05, 0) is 18.9 Å². The fourth-order valence-corrected chi connectivity index (χ4v) is 4.62. The molecule has 4 rings (SSSR count). The Morgan fingerprint density at radius 1 is 1.04 bits per heavy atom. The van der Waals surface area contributed by atoms with Gasteiger partial charge in [0.1, 0.15) is 32.4 Å². The van der Waals surface area contributed by atoms with E-state index in [1.165, 1.54) is 11.0 Å². The van der Waals surface area contributed by atoms with E-state index in [1.54, 1.807) is 0 Å². The van der Waals surface area contributed by atoms with Crippen LogP contribution in [-0.2, 0) is 15.8 Å². The van der Waals surface area contributed by atoms with Crippen molar-refractivity contribution in [2.24, 2.45) is 11.8 Å². The number of nitrogens with one attached hydrogen (secondary N) is 2. The van der Waals surface area contributed by atoms with Crippen LogP contribution in [0.3, 0.4) is 0 Å². The second-order valence-electron chi connectivity index (χ2n) is 7.96. The maximum atomic E-state index is 12.7. The summed E-state index contributed by atoms with van der Waals surface area (Å²) < 4.78 is 38.1. The highest BCUT2D eigenvalue weighted by Crippen LogP contribution is 2.37. The first-order chi connectivity index (χ1) is 13.3. The molecule has 2 saturated heterocycles. The van der Waals surface area contributed by atoms with E-state index in [2.05, 4.69) is 4.98 Å². The zero-order chi connectivity index (χ0) is 19.9. The Hall–Kier alpha value is -2.16. The van der Waals surface area contributed by atoms with Gasteiger partial charge in [-0.3, -0.25) is 14.5 Å². The van der Waals surface area contributed by atoms with Gasteiger partial charge in [-0.2, -0.15) is 13.2 Å². The molecule has 0 spiro atoms. The first kappa shape index (κ1) is 19.2. The van der Waals surface area contributed by atoms with Crippen molar-refractivity contribution in [1.29, 1.82) is 0 Å². The van der Waals surface area contributed by atoms with Crippen molar-refractivity contribution in [3.05, 3.63) is 23.9 Å². The largest absolute Gasteiger partial charge is 0.419 e. The first-order valence-corrected chi connectivity index (χ1v) is 9.87. The van der Waals surface area contributed by atoms with Crippen molar-refractivity contribution in [1.82, 2.24) is 4.90 Å². The molecular formula is C19H25F3N4O2+2. The number of fused-ring (bicyclic) bond motifs is 1. The van der Waals surface area contributed by atoms with Crippen LogP contribution >= 0.6 is 0 Å². The number of alkyl halides is 3. The molecule has 28 heavy (non-hydrogen) atoms. The van der Waals surface area contributed by atoms with Crippen LogP contribution < -0.4 is 14.8 Å². The number of anilines is 1. The maximum Gasteiger partial charge on any atom is 0.419 e. The molecule has 0 unspecified atom stereocenters. The Morgan fingerprint density at radius 3 is 2.14 bits per heavy atom. The van der Waals surface area contributed by atoms with Crippen LogP contribution in [0.15, 0.2) is 18.3 Å². The zero-order valence-corrected chi connectivity index (χ0v) is 15.6. The molecule has 3 heterocycles. The molecule has 6 nitrogen and oxygen atoms in total. The van der Waals surface area contributed by atoms with Crippen LogP contribution in [-0.4, -0.2) is 49.6 Å². The van der Waals surface area contributed by atoms with Crippen LogP contribution in [0.5, 0.6) is 0 Å². The topological polar surface area (TPSA) is 59.2 Å². The van der Waals surface area contributed by atoms with Gasteiger partial charge < -0.3 is 4.90 Å². The number of nitrogens with zero attached hydrogens (tertiary/aromatic N) is 2. The summed E-state index contributed by atoms with van der Waals surface area (Å²) in [5, 5.41) is 0. The van der Waals surface area contributed by atoms with Crippen molar-refractivity contribution in [3.63, 3.8) is 0 Å².